The number of benzene rings is 1. The predicted octanol–water partition coefficient (Wildman–Crippen LogP) is 2.80. The molecule has 0 bridgehead atoms. The van der Waals surface area contributed by atoms with Gasteiger partial charge in [0.05, 0.1) is 5.56 Å². The number of carbonyl (C=O) groups is 1. The Morgan fingerprint density at radius 2 is 2.00 bits per heavy atom. The van der Waals surface area contributed by atoms with Gasteiger partial charge < -0.3 is 0 Å². The first-order valence-corrected chi connectivity index (χ1v) is 5.68. The fourth-order valence-electron chi connectivity index (χ4n) is 1.38. The molecule has 0 unspecified atom stereocenters. The molecule has 2 rings (SSSR count). The molecule has 0 aliphatic heterocycles. The van der Waals surface area contributed by atoms with E-state index >= 15 is 0 Å². The molecule has 1 aromatic carbocycles. The summed E-state index contributed by atoms with van der Waals surface area (Å²) in [6.07, 6.45) is 4.20. The largest absolute Gasteiger partial charge is 0.294 e. The Labute approximate surface area is 106 Å². The van der Waals surface area contributed by atoms with Crippen molar-refractivity contribution in [2.45, 2.75) is 6.42 Å². The number of nitrogens with zero attached hydrogens (tertiary/aromatic N) is 2. The van der Waals surface area contributed by atoms with Gasteiger partial charge in [-0.05, 0) is 17.7 Å². The molecule has 0 N–H and O–H groups in total. The molecule has 2 aromatic rings. The Balaban J connectivity index is 2.19. The van der Waals surface area contributed by atoms with E-state index < -0.39 is 5.82 Å². The van der Waals surface area contributed by atoms with E-state index in [9.17, 15) is 9.18 Å². The topological polar surface area (TPSA) is 42.9 Å². The van der Waals surface area contributed by atoms with Crippen molar-refractivity contribution in [1.29, 1.82) is 0 Å². The highest BCUT2D eigenvalue weighted by Crippen LogP contribution is 2.16. The van der Waals surface area contributed by atoms with E-state index in [0.717, 1.165) is 0 Å². The summed E-state index contributed by atoms with van der Waals surface area (Å²) < 4.78 is 14.2. The lowest BCUT2D eigenvalue weighted by molar-refractivity contribution is 0.0991. The molecule has 17 heavy (non-hydrogen) atoms. The minimum atomic E-state index is -0.399. The molecule has 0 amide bonds. The number of hydrogen-bond acceptors (Lipinski definition) is 3. The minimum absolute atomic E-state index is 0.00644. The van der Waals surface area contributed by atoms with Crippen LogP contribution in [0.15, 0.2) is 41.4 Å². The number of carbonyl (C=O) groups excluding carboxylic acids is 1. The van der Waals surface area contributed by atoms with Gasteiger partial charge in [-0.2, -0.15) is 0 Å². The van der Waals surface area contributed by atoms with Crippen LogP contribution in [0.1, 0.15) is 15.9 Å². The number of hydrogen-bond donors (Lipinski definition) is 0. The van der Waals surface area contributed by atoms with Crippen molar-refractivity contribution in [3.05, 3.63) is 58.3 Å². The highest BCUT2D eigenvalue weighted by Gasteiger charge is 2.11. The fourth-order valence-corrected chi connectivity index (χ4v) is 1.72. The summed E-state index contributed by atoms with van der Waals surface area (Å²) in [6, 6.07) is 4.62. The van der Waals surface area contributed by atoms with Crippen LogP contribution in [0.3, 0.4) is 0 Å². The van der Waals surface area contributed by atoms with E-state index in [0.29, 0.717) is 15.6 Å². The normalized spacial score (nSPS) is 10.2. The number of Topliss-reactive ketones (excluding diaryl/α,β-unsaturated/α-hetero) is 1. The Morgan fingerprint density at radius 1 is 1.29 bits per heavy atom. The van der Waals surface area contributed by atoms with Gasteiger partial charge in [-0.15, -0.1) is 0 Å². The average molecular weight is 295 g/mol. The van der Waals surface area contributed by atoms with Crippen molar-refractivity contribution < 1.29 is 9.18 Å². The molecular formula is C12H8BrFN2O. The van der Waals surface area contributed by atoms with Crippen LogP contribution in [0.5, 0.6) is 0 Å². The lowest BCUT2D eigenvalue weighted by atomic mass is 10.1. The minimum Gasteiger partial charge on any atom is -0.294 e. The van der Waals surface area contributed by atoms with E-state index in [-0.39, 0.29) is 12.2 Å². The van der Waals surface area contributed by atoms with Crippen LogP contribution in [0.2, 0.25) is 0 Å². The second-order valence-corrected chi connectivity index (χ2v) is 4.38. The Morgan fingerprint density at radius 3 is 2.65 bits per heavy atom. The van der Waals surface area contributed by atoms with Gasteiger partial charge in [-0.3, -0.25) is 4.79 Å². The van der Waals surface area contributed by atoms with Crippen molar-refractivity contribution in [2.24, 2.45) is 0 Å². The van der Waals surface area contributed by atoms with Gasteiger partial charge >= 0.3 is 0 Å². The SMILES string of the molecule is O=C(Cc1ccc(Br)cc1F)c1cncnc1. The summed E-state index contributed by atoms with van der Waals surface area (Å²) in [4.78, 5) is 19.3. The number of halogens is 2. The monoisotopic (exact) mass is 294 g/mol. The first-order valence-electron chi connectivity index (χ1n) is 4.89. The third-order valence-electron chi connectivity index (χ3n) is 2.25. The van der Waals surface area contributed by atoms with Gasteiger partial charge in [-0.25, -0.2) is 14.4 Å². The lowest BCUT2D eigenvalue weighted by Crippen LogP contribution is -2.06. The van der Waals surface area contributed by atoms with Crippen molar-refractivity contribution in [2.75, 3.05) is 0 Å². The first-order chi connectivity index (χ1) is 8.16. The predicted molar refractivity (Wildman–Crippen MR) is 64.2 cm³/mol. The molecule has 3 nitrogen and oxygen atoms in total. The van der Waals surface area contributed by atoms with Crippen molar-refractivity contribution in [3.63, 3.8) is 0 Å². The van der Waals surface area contributed by atoms with Crippen molar-refractivity contribution in [3.8, 4) is 0 Å². The molecule has 0 spiro atoms. The zero-order valence-electron chi connectivity index (χ0n) is 8.73. The van der Waals surface area contributed by atoms with Crippen LogP contribution in [0, 0.1) is 5.82 Å². The molecule has 1 aromatic heterocycles. The highest BCUT2D eigenvalue weighted by molar-refractivity contribution is 9.10. The third-order valence-corrected chi connectivity index (χ3v) is 2.74. The zero-order valence-corrected chi connectivity index (χ0v) is 10.3. The van der Waals surface area contributed by atoms with E-state index in [4.69, 9.17) is 0 Å². The highest BCUT2D eigenvalue weighted by atomic mass is 79.9. The van der Waals surface area contributed by atoms with Crippen molar-refractivity contribution in [1.82, 2.24) is 9.97 Å². The number of aromatic nitrogens is 2. The maximum Gasteiger partial charge on any atom is 0.170 e. The Kier molecular flexibility index (Phi) is 3.58. The van der Waals surface area contributed by atoms with Gasteiger partial charge in [-0.1, -0.05) is 22.0 Å². The molecule has 0 radical (unpaired) electrons. The molecular weight excluding hydrogens is 287 g/mol. The maximum absolute atomic E-state index is 13.5. The molecule has 5 heteroatoms. The number of rotatable bonds is 3. The van der Waals surface area contributed by atoms with E-state index in [1.165, 1.54) is 24.8 Å². The van der Waals surface area contributed by atoms with Gasteiger partial charge in [0.1, 0.15) is 12.1 Å². The van der Waals surface area contributed by atoms with Crippen LogP contribution < -0.4 is 0 Å². The van der Waals surface area contributed by atoms with Crippen molar-refractivity contribution >= 4 is 21.7 Å². The van der Waals surface area contributed by atoms with Crippen LogP contribution in [0.25, 0.3) is 0 Å². The van der Waals surface area contributed by atoms with Gasteiger partial charge in [0.15, 0.2) is 5.78 Å². The van der Waals surface area contributed by atoms with E-state index in [1.54, 1.807) is 12.1 Å². The molecule has 0 saturated heterocycles. The van der Waals surface area contributed by atoms with Crippen LogP contribution >= 0.6 is 15.9 Å². The summed E-state index contributed by atoms with van der Waals surface area (Å²) in [7, 11) is 0. The molecule has 0 atom stereocenters. The quantitative estimate of drug-likeness (QED) is 0.818. The molecule has 1 heterocycles. The summed E-state index contributed by atoms with van der Waals surface area (Å²) >= 11 is 3.16. The van der Waals surface area contributed by atoms with Crippen LogP contribution in [0.4, 0.5) is 4.39 Å². The Hall–Kier alpha value is -1.62. The zero-order chi connectivity index (χ0) is 12.3. The second-order valence-electron chi connectivity index (χ2n) is 3.46. The smallest absolute Gasteiger partial charge is 0.170 e. The standard InChI is InChI=1S/C12H8BrFN2O/c13-10-2-1-8(11(14)4-10)3-12(17)9-5-15-7-16-6-9/h1-2,4-7H,3H2. The fraction of sp³-hybridized carbons (Fsp3) is 0.0833. The third kappa shape index (κ3) is 2.94. The molecule has 0 fully saturated rings. The summed E-state index contributed by atoms with van der Waals surface area (Å²) in [5.41, 5.74) is 0.747. The molecule has 0 aliphatic rings. The average Bonchev–Trinajstić information content (AvgIpc) is 2.34. The number of ketones is 1. The second kappa shape index (κ2) is 5.14. The van der Waals surface area contributed by atoms with Crippen LogP contribution in [-0.2, 0) is 6.42 Å². The maximum atomic E-state index is 13.5. The van der Waals surface area contributed by atoms with Gasteiger partial charge in [0, 0.05) is 23.3 Å². The summed E-state index contributed by atoms with van der Waals surface area (Å²) in [6.45, 7) is 0. The lowest BCUT2D eigenvalue weighted by Gasteiger charge is -2.02. The molecule has 86 valence electrons. The first kappa shape index (κ1) is 11.9. The summed E-state index contributed by atoms with van der Waals surface area (Å²) in [5.74, 6) is -0.601. The van der Waals surface area contributed by atoms with Crippen LogP contribution in [-0.4, -0.2) is 15.8 Å². The van der Waals surface area contributed by atoms with Gasteiger partial charge in [0.25, 0.3) is 0 Å². The molecule has 0 saturated carbocycles. The van der Waals surface area contributed by atoms with E-state index in [1.807, 2.05) is 0 Å². The van der Waals surface area contributed by atoms with E-state index in [2.05, 4.69) is 25.9 Å². The molecule has 0 aliphatic carbocycles. The summed E-state index contributed by atoms with van der Waals surface area (Å²) in [5, 5.41) is 0. The van der Waals surface area contributed by atoms with Gasteiger partial charge in [0.2, 0.25) is 0 Å². The Bertz CT molecular complexity index is 545.